The number of benzene rings is 2. The Labute approximate surface area is 110 Å². The molecule has 0 aliphatic rings. The minimum absolute atomic E-state index is 0.128. The van der Waals surface area contributed by atoms with Crippen LogP contribution >= 0.6 is 11.6 Å². The van der Waals surface area contributed by atoms with E-state index >= 15 is 0 Å². The quantitative estimate of drug-likeness (QED) is 0.918. The van der Waals surface area contributed by atoms with Crippen LogP contribution in [0.5, 0.6) is 5.75 Å². The number of nitrogens with two attached hydrogens (primary N) is 1. The highest BCUT2D eigenvalue weighted by Crippen LogP contribution is 2.24. The average Bonchev–Trinajstić information content (AvgIpc) is 2.39. The Balaban J connectivity index is 2.13. The Morgan fingerprint density at radius 2 is 1.94 bits per heavy atom. The van der Waals surface area contributed by atoms with Gasteiger partial charge < -0.3 is 10.5 Å². The Kier molecular flexibility index (Phi) is 4.18. The zero-order chi connectivity index (χ0) is 13.0. The van der Waals surface area contributed by atoms with Gasteiger partial charge in [0.2, 0.25) is 0 Å². The lowest BCUT2D eigenvalue weighted by molar-refractivity contribution is 0.300. The lowest BCUT2D eigenvalue weighted by Crippen LogP contribution is -2.02. The number of ether oxygens (including phenoxy) is 1. The zero-order valence-corrected chi connectivity index (χ0v) is 10.5. The molecule has 0 amide bonds. The van der Waals surface area contributed by atoms with Gasteiger partial charge >= 0.3 is 0 Å². The fourth-order valence-corrected chi connectivity index (χ4v) is 1.77. The molecule has 0 fully saturated rings. The number of rotatable bonds is 4. The molecule has 2 rings (SSSR count). The molecule has 0 heterocycles. The summed E-state index contributed by atoms with van der Waals surface area (Å²) >= 11 is 5.95. The van der Waals surface area contributed by atoms with Crippen molar-refractivity contribution < 1.29 is 9.13 Å². The average molecular weight is 266 g/mol. The van der Waals surface area contributed by atoms with Crippen molar-refractivity contribution in [1.82, 2.24) is 0 Å². The zero-order valence-electron chi connectivity index (χ0n) is 9.70. The Hall–Kier alpha value is -1.58. The van der Waals surface area contributed by atoms with Crippen LogP contribution in [-0.4, -0.2) is 0 Å². The summed E-state index contributed by atoms with van der Waals surface area (Å²) in [5.41, 5.74) is 6.86. The summed E-state index contributed by atoms with van der Waals surface area (Å²) in [6, 6.07) is 11.9. The van der Waals surface area contributed by atoms with E-state index in [0.717, 1.165) is 5.56 Å². The first-order valence-electron chi connectivity index (χ1n) is 5.55. The van der Waals surface area contributed by atoms with Crippen LogP contribution in [0, 0.1) is 5.82 Å². The number of para-hydroxylation sites is 1. The van der Waals surface area contributed by atoms with E-state index in [2.05, 4.69) is 0 Å². The van der Waals surface area contributed by atoms with Crippen LogP contribution in [0.1, 0.15) is 11.1 Å². The third-order valence-electron chi connectivity index (χ3n) is 2.57. The molecule has 0 saturated carbocycles. The van der Waals surface area contributed by atoms with Crippen molar-refractivity contribution in [2.75, 3.05) is 0 Å². The van der Waals surface area contributed by atoms with Crippen LogP contribution in [-0.2, 0) is 13.2 Å². The second kappa shape index (κ2) is 5.85. The fraction of sp³-hybridized carbons (Fsp3) is 0.143. The van der Waals surface area contributed by atoms with Crippen LogP contribution in [0.25, 0.3) is 0 Å². The molecule has 2 aromatic carbocycles. The van der Waals surface area contributed by atoms with Gasteiger partial charge in [0.25, 0.3) is 0 Å². The molecular weight excluding hydrogens is 253 g/mol. The smallest absolute Gasteiger partial charge is 0.138 e. The maximum atomic E-state index is 13.6. The van der Waals surface area contributed by atoms with E-state index in [4.69, 9.17) is 22.1 Å². The predicted octanol–water partition coefficient (Wildman–Crippen LogP) is 3.52. The van der Waals surface area contributed by atoms with Crippen LogP contribution in [0.15, 0.2) is 42.5 Å². The minimum atomic E-state index is -0.306. The minimum Gasteiger partial charge on any atom is -0.487 e. The van der Waals surface area contributed by atoms with Crippen molar-refractivity contribution in [3.05, 3.63) is 64.4 Å². The maximum absolute atomic E-state index is 13.6. The normalized spacial score (nSPS) is 10.4. The van der Waals surface area contributed by atoms with Crippen molar-refractivity contribution in [2.45, 2.75) is 13.2 Å². The van der Waals surface area contributed by atoms with E-state index < -0.39 is 0 Å². The predicted molar refractivity (Wildman–Crippen MR) is 70.1 cm³/mol. The summed E-state index contributed by atoms with van der Waals surface area (Å²) < 4.78 is 19.0. The first kappa shape index (κ1) is 12.9. The molecule has 0 atom stereocenters. The van der Waals surface area contributed by atoms with E-state index in [0.29, 0.717) is 22.9 Å². The second-order valence-electron chi connectivity index (χ2n) is 3.85. The number of hydrogen-bond acceptors (Lipinski definition) is 2. The van der Waals surface area contributed by atoms with Crippen molar-refractivity contribution in [3.8, 4) is 5.75 Å². The van der Waals surface area contributed by atoms with E-state index in [1.807, 2.05) is 12.1 Å². The van der Waals surface area contributed by atoms with Gasteiger partial charge in [-0.05, 0) is 29.8 Å². The third-order valence-corrected chi connectivity index (χ3v) is 2.88. The monoisotopic (exact) mass is 265 g/mol. The summed E-state index contributed by atoms with van der Waals surface area (Å²) in [6.07, 6.45) is 0. The SMILES string of the molecule is NCc1ccc(F)c(COc2ccccc2Cl)c1. The summed E-state index contributed by atoms with van der Waals surface area (Å²) in [4.78, 5) is 0. The van der Waals surface area contributed by atoms with Gasteiger partial charge in [-0.1, -0.05) is 29.8 Å². The first-order chi connectivity index (χ1) is 8.70. The summed E-state index contributed by atoms with van der Waals surface area (Å²) in [6.45, 7) is 0.503. The Bertz CT molecular complexity index is 545. The Morgan fingerprint density at radius 1 is 1.17 bits per heavy atom. The molecule has 0 aliphatic carbocycles. The highest BCUT2D eigenvalue weighted by molar-refractivity contribution is 6.32. The van der Waals surface area contributed by atoms with E-state index in [1.165, 1.54) is 6.07 Å². The van der Waals surface area contributed by atoms with Gasteiger partial charge in [0, 0.05) is 12.1 Å². The van der Waals surface area contributed by atoms with Gasteiger partial charge in [-0.15, -0.1) is 0 Å². The first-order valence-corrected chi connectivity index (χ1v) is 5.93. The lowest BCUT2D eigenvalue weighted by Gasteiger charge is -2.09. The van der Waals surface area contributed by atoms with Gasteiger partial charge in [-0.2, -0.15) is 0 Å². The molecule has 0 aliphatic heterocycles. The number of halogens is 2. The molecule has 2 aromatic rings. The van der Waals surface area contributed by atoms with Crippen molar-refractivity contribution in [3.63, 3.8) is 0 Å². The molecule has 4 heteroatoms. The van der Waals surface area contributed by atoms with Crippen LogP contribution in [0.3, 0.4) is 0 Å². The topological polar surface area (TPSA) is 35.2 Å². The molecule has 94 valence electrons. The van der Waals surface area contributed by atoms with Gasteiger partial charge in [-0.3, -0.25) is 0 Å². The summed E-state index contributed by atoms with van der Waals surface area (Å²) in [7, 11) is 0. The highest BCUT2D eigenvalue weighted by Gasteiger charge is 2.06. The van der Waals surface area contributed by atoms with Crippen molar-refractivity contribution in [1.29, 1.82) is 0 Å². The molecule has 0 bridgehead atoms. The van der Waals surface area contributed by atoms with Gasteiger partial charge in [0.05, 0.1) is 5.02 Å². The van der Waals surface area contributed by atoms with E-state index in [-0.39, 0.29) is 12.4 Å². The van der Waals surface area contributed by atoms with E-state index in [9.17, 15) is 4.39 Å². The molecule has 0 saturated heterocycles. The second-order valence-corrected chi connectivity index (χ2v) is 4.26. The third kappa shape index (κ3) is 3.00. The maximum Gasteiger partial charge on any atom is 0.138 e. The molecular formula is C14H13ClFNO. The van der Waals surface area contributed by atoms with E-state index in [1.54, 1.807) is 24.3 Å². The molecule has 0 unspecified atom stereocenters. The summed E-state index contributed by atoms with van der Waals surface area (Å²) in [5, 5.41) is 0.507. The van der Waals surface area contributed by atoms with Gasteiger partial charge in [-0.25, -0.2) is 4.39 Å². The standard InChI is InChI=1S/C14H13ClFNO/c15-12-3-1-2-4-14(12)18-9-11-7-10(8-17)5-6-13(11)16/h1-7H,8-9,17H2. The molecule has 2 N–H and O–H groups in total. The van der Waals surface area contributed by atoms with Crippen LogP contribution in [0.4, 0.5) is 4.39 Å². The highest BCUT2D eigenvalue weighted by atomic mass is 35.5. The molecule has 0 radical (unpaired) electrons. The van der Waals surface area contributed by atoms with Crippen molar-refractivity contribution in [2.24, 2.45) is 5.73 Å². The number of hydrogen-bond donors (Lipinski definition) is 1. The molecule has 18 heavy (non-hydrogen) atoms. The summed E-state index contributed by atoms with van der Waals surface area (Å²) in [5.74, 6) is 0.232. The van der Waals surface area contributed by atoms with Crippen molar-refractivity contribution >= 4 is 11.6 Å². The molecule has 0 spiro atoms. The largest absolute Gasteiger partial charge is 0.487 e. The van der Waals surface area contributed by atoms with Crippen LogP contribution in [0.2, 0.25) is 5.02 Å². The fourth-order valence-electron chi connectivity index (χ4n) is 1.58. The molecule has 2 nitrogen and oxygen atoms in total. The van der Waals surface area contributed by atoms with Crippen LogP contribution < -0.4 is 10.5 Å². The molecule has 0 aromatic heterocycles. The van der Waals surface area contributed by atoms with Gasteiger partial charge in [0.1, 0.15) is 18.2 Å². The Morgan fingerprint density at radius 3 is 2.67 bits per heavy atom. The van der Waals surface area contributed by atoms with Gasteiger partial charge in [0.15, 0.2) is 0 Å². The lowest BCUT2D eigenvalue weighted by atomic mass is 10.1.